The maximum Gasteiger partial charge on any atom is 0.137 e. The van der Waals surface area contributed by atoms with Crippen molar-refractivity contribution in [1.82, 2.24) is 19.5 Å². The average molecular weight is 307 g/mol. The smallest absolute Gasteiger partial charge is 0.137 e. The van der Waals surface area contributed by atoms with Crippen LogP contribution in [0.5, 0.6) is 0 Å². The average Bonchev–Trinajstić information content (AvgIpc) is 3.29. The highest BCUT2D eigenvalue weighted by Crippen LogP contribution is 2.40. The molecule has 0 saturated heterocycles. The number of aromatic nitrogens is 4. The van der Waals surface area contributed by atoms with Gasteiger partial charge in [0.2, 0.25) is 0 Å². The number of nitrogens with one attached hydrogen (secondary N) is 1. The van der Waals surface area contributed by atoms with Crippen LogP contribution in [0.2, 0.25) is 0 Å². The zero-order chi connectivity index (χ0) is 16.1. The van der Waals surface area contributed by atoms with Gasteiger partial charge in [-0.1, -0.05) is 0 Å². The largest absolute Gasteiger partial charge is 0.340 e. The van der Waals surface area contributed by atoms with E-state index >= 15 is 0 Å². The van der Waals surface area contributed by atoms with Gasteiger partial charge in [-0.3, -0.25) is 0 Å². The van der Waals surface area contributed by atoms with Crippen molar-refractivity contribution in [2.75, 3.05) is 5.32 Å². The number of nitrogens with zero attached hydrogens (tertiary/aromatic N) is 4. The molecule has 1 aliphatic rings. The predicted octanol–water partition coefficient (Wildman–Crippen LogP) is 3.91. The molecule has 0 amide bonds. The second-order valence-corrected chi connectivity index (χ2v) is 6.46. The van der Waals surface area contributed by atoms with Crippen molar-refractivity contribution in [3.05, 3.63) is 41.1 Å². The molecule has 0 spiro atoms. The van der Waals surface area contributed by atoms with Gasteiger partial charge in [-0.25, -0.2) is 15.0 Å². The SMILES string of the molecule is Cc1nc(C)c(C)c(Nc2ccc3c(c2)nc(C2CC2)n3C)n1. The van der Waals surface area contributed by atoms with E-state index in [4.69, 9.17) is 4.98 Å². The molecule has 3 aromatic rings. The Morgan fingerprint density at radius 2 is 1.87 bits per heavy atom. The Balaban J connectivity index is 1.72. The van der Waals surface area contributed by atoms with Crippen LogP contribution in [0.15, 0.2) is 18.2 Å². The highest BCUT2D eigenvalue weighted by atomic mass is 15.1. The number of rotatable bonds is 3. The molecule has 5 nitrogen and oxygen atoms in total. The van der Waals surface area contributed by atoms with Crippen molar-refractivity contribution in [2.45, 2.75) is 39.5 Å². The fourth-order valence-corrected chi connectivity index (χ4v) is 3.03. The van der Waals surface area contributed by atoms with Crippen LogP contribution in [0.1, 0.15) is 41.7 Å². The first kappa shape index (κ1) is 14.2. The number of aryl methyl sites for hydroxylation is 3. The van der Waals surface area contributed by atoms with E-state index in [1.807, 2.05) is 20.8 Å². The molecule has 0 bridgehead atoms. The lowest BCUT2D eigenvalue weighted by molar-refractivity contribution is 0.820. The molecular weight excluding hydrogens is 286 g/mol. The van der Waals surface area contributed by atoms with Gasteiger partial charge in [-0.15, -0.1) is 0 Å². The number of fused-ring (bicyclic) bond motifs is 1. The quantitative estimate of drug-likeness (QED) is 0.797. The Labute approximate surface area is 135 Å². The van der Waals surface area contributed by atoms with E-state index in [0.29, 0.717) is 5.92 Å². The molecule has 1 aromatic carbocycles. The molecule has 0 unspecified atom stereocenters. The lowest BCUT2D eigenvalue weighted by Crippen LogP contribution is -2.02. The van der Waals surface area contributed by atoms with E-state index in [0.717, 1.165) is 34.1 Å². The van der Waals surface area contributed by atoms with Gasteiger partial charge in [0.25, 0.3) is 0 Å². The normalized spacial score (nSPS) is 14.4. The molecule has 1 fully saturated rings. The van der Waals surface area contributed by atoms with E-state index in [-0.39, 0.29) is 0 Å². The topological polar surface area (TPSA) is 55.6 Å². The van der Waals surface area contributed by atoms with Gasteiger partial charge >= 0.3 is 0 Å². The third-order valence-electron chi connectivity index (χ3n) is 4.62. The Morgan fingerprint density at radius 3 is 2.61 bits per heavy atom. The highest BCUT2D eigenvalue weighted by molar-refractivity contribution is 5.81. The van der Waals surface area contributed by atoms with E-state index in [9.17, 15) is 0 Å². The van der Waals surface area contributed by atoms with Gasteiger partial charge in [-0.05, 0) is 51.8 Å². The molecule has 1 N–H and O–H groups in total. The summed E-state index contributed by atoms with van der Waals surface area (Å²) < 4.78 is 2.22. The third kappa shape index (κ3) is 2.46. The number of benzene rings is 1. The molecule has 23 heavy (non-hydrogen) atoms. The highest BCUT2D eigenvalue weighted by Gasteiger charge is 2.28. The predicted molar refractivity (Wildman–Crippen MR) is 92.2 cm³/mol. The summed E-state index contributed by atoms with van der Waals surface area (Å²) in [5.74, 6) is 3.51. The fraction of sp³-hybridized carbons (Fsp3) is 0.389. The molecule has 1 aliphatic carbocycles. The van der Waals surface area contributed by atoms with Crippen molar-refractivity contribution in [1.29, 1.82) is 0 Å². The molecule has 1 saturated carbocycles. The third-order valence-corrected chi connectivity index (χ3v) is 4.62. The number of hydrogen-bond donors (Lipinski definition) is 1. The second-order valence-electron chi connectivity index (χ2n) is 6.46. The van der Waals surface area contributed by atoms with E-state index in [2.05, 4.69) is 45.1 Å². The summed E-state index contributed by atoms with van der Waals surface area (Å²) >= 11 is 0. The molecule has 0 aliphatic heterocycles. The van der Waals surface area contributed by atoms with Crippen molar-refractivity contribution in [3.8, 4) is 0 Å². The first-order valence-electron chi connectivity index (χ1n) is 8.08. The minimum absolute atomic E-state index is 0.651. The first-order valence-corrected chi connectivity index (χ1v) is 8.08. The maximum absolute atomic E-state index is 4.82. The summed E-state index contributed by atoms with van der Waals surface area (Å²) in [6, 6.07) is 6.33. The Hall–Kier alpha value is -2.43. The minimum Gasteiger partial charge on any atom is -0.340 e. The van der Waals surface area contributed by atoms with Crippen LogP contribution in [0.3, 0.4) is 0 Å². The second kappa shape index (κ2) is 5.05. The Bertz CT molecular complexity index is 905. The summed E-state index contributed by atoms with van der Waals surface area (Å²) in [4.78, 5) is 13.7. The lowest BCUT2D eigenvalue weighted by Gasteiger charge is -2.11. The molecule has 118 valence electrons. The summed E-state index contributed by atoms with van der Waals surface area (Å²) in [6.07, 6.45) is 2.53. The van der Waals surface area contributed by atoms with Gasteiger partial charge in [0.05, 0.1) is 11.0 Å². The molecular formula is C18H21N5. The number of imidazole rings is 1. The molecule has 0 atom stereocenters. The van der Waals surface area contributed by atoms with Crippen LogP contribution in [0.25, 0.3) is 11.0 Å². The van der Waals surface area contributed by atoms with Crippen LogP contribution < -0.4 is 5.32 Å². The summed E-state index contributed by atoms with van der Waals surface area (Å²) in [5.41, 5.74) is 5.33. The lowest BCUT2D eigenvalue weighted by atomic mass is 10.2. The fourth-order valence-electron chi connectivity index (χ4n) is 3.03. The summed E-state index contributed by atoms with van der Waals surface area (Å²) in [5, 5.41) is 3.42. The van der Waals surface area contributed by atoms with Gasteiger partial charge in [-0.2, -0.15) is 0 Å². The zero-order valence-corrected chi connectivity index (χ0v) is 14.0. The van der Waals surface area contributed by atoms with Crippen molar-refractivity contribution < 1.29 is 0 Å². The monoisotopic (exact) mass is 307 g/mol. The van der Waals surface area contributed by atoms with Crippen LogP contribution in [0, 0.1) is 20.8 Å². The van der Waals surface area contributed by atoms with Crippen LogP contribution in [-0.4, -0.2) is 19.5 Å². The zero-order valence-electron chi connectivity index (χ0n) is 14.0. The number of hydrogen-bond acceptors (Lipinski definition) is 4. The summed E-state index contributed by atoms with van der Waals surface area (Å²) in [6.45, 7) is 5.97. The molecule has 2 aromatic heterocycles. The Kier molecular flexibility index (Phi) is 3.11. The molecule has 0 radical (unpaired) electrons. The van der Waals surface area contributed by atoms with Crippen molar-refractivity contribution in [2.24, 2.45) is 7.05 Å². The standard InChI is InChI=1S/C18H21N5/c1-10-11(2)19-12(3)20-17(10)21-14-7-8-16-15(9-14)22-18(23(16)4)13-5-6-13/h7-9,13H,5-6H2,1-4H3,(H,19,20,21). The van der Waals surface area contributed by atoms with Crippen LogP contribution >= 0.6 is 0 Å². The molecule has 2 heterocycles. The number of anilines is 2. The van der Waals surface area contributed by atoms with Gasteiger partial charge in [0.1, 0.15) is 17.5 Å². The van der Waals surface area contributed by atoms with E-state index in [1.54, 1.807) is 0 Å². The van der Waals surface area contributed by atoms with E-state index < -0.39 is 0 Å². The van der Waals surface area contributed by atoms with Crippen LogP contribution in [0.4, 0.5) is 11.5 Å². The van der Waals surface area contributed by atoms with E-state index in [1.165, 1.54) is 24.2 Å². The van der Waals surface area contributed by atoms with Gasteiger partial charge in [0, 0.05) is 29.9 Å². The van der Waals surface area contributed by atoms with Crippen LogP contribution in [-0.2, 0) is 7.05 Å². The van der Waals surface area contributed by atoms with Crippen molar-refractivity contribution >= 4 is 22.5 Å². The maximum atomic E-state index is 4.82. The molecule has 5 heteroatoms. The van der Waals surface area contributed by atoms with Gasteiger partial charge < -0.3 is 9.88 Å². The molecule has 4 rings (SSSR count). The summed E-state index contributed by atoms with van der Waals surface area (Å²) in [7, 11) is 2.11. The van der Waals surface area contributed by atoms with Gasteiger partial charge in [0.15, 0.2) is 0 Å². The minimum atomic E-state index is 0.651. The Morgan fingerprint density at radius 1 is 1.09 bits per heavy atom. The van der Waals surface area contributed by atoms with Crippen molar-refractivity contribution in [3.63, 3.8) is 0 Å². The first-order chi connectivity index (χ1) is 11.0.